The molecule has 1 unspecified atom stereocenters. The van der Waals surface area contributed by atoms with Crippen LogP contribution in [0.25, 0.3) is 5.76 Å². The number of ketones is 1. The van der Waals surface area contributed by atoms with Gasteiger partial charge in [0.15, 0.2) is 12.4 Å². The van der Waals surface area contributed by atoms with Crippen LogP contribution in [-0.2, 0) is 20.9 Å². The van der Waals surface area contributed by atoms with Crippen LogP contribution in [0.3, 0.4) is 0 Å². The number of carbonyl (C=O) groups is 3. The van der Waals surface area contributed by atoms with Crippen LogP contribution >= 0.6 is 0 Å². The van der Waals surface area contributed by atoms with Crippen molar-refractivity contribution in [2.24, 2.45) is 0 Å². The number of hydrogen-bond acceptors (Lipinski definition) is 7. The molecule has 0 saturated carbocycles. The summed E-state index contributed by atoms with van der Waals surface area (Å²) in [6.07, 6.45) is 3.35. The maximum Gasteiger partial charge on any atom is 0.354 e. The quantitative estimate of drug-likeness (QED) is 0.137. The number of aromatic nitrogens is 2. The van der Waals surface area contributed by atoms with E-state index in [1.165, 1.54) is 36.3 Å². The molecule has 0 bridgehead atoms. The van der Waals surface area contributed by atoms with Gasteiger partial charge in [0.1, 0.15) is 5.69 Å². The molecule has 1 aliphatic heterocycles. The molecule has 1 fully saturated rings. The van der Waals surface area contributed by atoms with E-state index in [-0.39, 0.29) is 34.6 Å². The number of Topliss-reactive ketones (excluding diaryl/α,β-unsaturated/α-hetero) is 1. The van der Waals surface area contributed by atoms with Crippen molar-refractivity contribution in [3.05, 3.63) is 98.1 Å². The highest BCUT2D eigenvalue weighted by molar-refractivity contribution is 6.46. The summed E-state index contributed by atoms with van der Waals surface area (Å²) >= 11 is 0. The SMILES string of the molecule is COC(=O)c1[nH]c(C)c(/C([O-])=C2\C(=O)C(=O)N(Cc3ccc[nH+]c3)C2c2ccc([N+](=O)[O-])cc2)c1C. The van der Waals surface area contributed by atoms with Gasteiger partial charge >= 0.3 is 5.97 Å². The monoisotopic (exact) mass is 490 g/mol. The van der Waals surface area contributed by atoms with Gasteiger partial charge in [0.05, 0.1) is 24.6 Å². The normalized spacial score (nSPS) is 16.9. The molecule has 1 atom stereocenters. The highest BCUT2D eigenvalue weighted by Crippen LogP contribution is 2.41. The molecule has 184 valence electrons. The topological polar surface area (TPSA) is 160 Å². The lowest BCUT2D eigenvalue weighted by Crippen LogP contribution is -2.29. The number of hydrogen-bond donors (Lipinski definition) is 1. The average molecular weight is 490 g/mol. The average Bonchev–Trinajstić information content (AvgIpc) is 3.31. The first-order valence-electron chi connectivity index (χ1n) is 10.9. The Balaban J connectivity index is 1.91. The third-order valence-corrected chi connectivity index (χ3v) is 6.13. The molecule has 36 heavy (non-hydrogen) atoms. The van der Waals surface area contributed by atoms with Crippen LogP contribution in [0.4, 0.5) is 5.69 Å². The molecule has 11 heteroatoms. The van der Waals surface area contributed by atoms with Crippen LogP contribution < -0.4 is 10.1 Å². The van der Waals surface area contributed by atoms with Gasteiger partial charge in [-0.05, 0) is 48.7 Å². The van der Waals surface area contributed by atoms with Gasteiger partial charge in [-0.25, -0.2) is 9.78 Å². The van der Waals surface area contributed by atoms with Crippen LogP contribution in [0.1, 0.15) is 44.5 Å². The van der Waals surface area contributed by atoms with Crippen molar-refractivity contribution in [2.45, 2.75) is 26.4 Å². The highest BCUT2D eigenvalue weighted by Gasteiger charge is 2.44. The second-order valence-electron chi connectivity index (χ2n) is 8.28. The van der Waals surface area contributed by atoms with Gasteiger partial charge in [-0.2, -0.15) is 0 Å². The van der Waals surface area contributed by atoms with Crippen LogP contribution in [0.5, 0.6) is 0 Å². The van der Waals surface area contributed by atoms with E-state index < -0.39 is 34.4 Å². The molecule has 3 aromatic rings. The van der Waals surface area contributed by atoms with Gasteiger partial charge in [0, 0.05) is 35.0 Å². The molecule has 0 spiro atoms. The van der Waals surface area contributed by atoms with E-state index in [0.29, 0.717) is 16.8 Å². The summed E-state index contributed by atoms with van der Waals surface area (Å²) < 4.78 is 4.76. The number of nitro groups is 1. The summed E-state index contributed by atoms with van der Waals surface area (Å²) in [5.41, 5.74) is 1.36. The number of benzene rings is 1. The molecule has 1 aliphatic rings. The number of pyridine rings is 1. The van der Waals surface area contributed by atoms with Crippen molar-refractivity contribution in [2.75, 3.05) is 7.11 Å². The van der Waals surface area contributed by atoms with E-state index in [1.54, 1.807) is 38.4 Å². The number of esters is 1. The summed E-state index contributed by atoms with van der Waals surface area (Å²) in [6.45, 7) is 3.13. The lowest BCUT2D eigenvalue weighted by atomic mass is 9.94. The third kappa shape index (κ3) is 4.11. The first kappa shape index (κ1) is 24.3. The number of H-pyrrole nitrogens is 2. The van der Waals surface area contributed by atoms with Gasteiger partial charge in [-0.15, -0.1) is 0 Å². The van der Waals surface area contributed by atoms with Crippen LogP contribution in [-0.4, -0.2) is 39.6 Å². The minimum absolute atomic E-state index is 0.0128. The van der Waals surface area contributed by atoms with E-state index >= 15 is 0 Å². The number of nitro benzene ring substituents is 1. The minimum atomic E-state index is -1.09. The van der Waals surface area contributed by atoms with Crippen molar-refractivity contribution in [3.8, 4) is 0 Å². The fourth-order valence-corrected chi connectivity index (χ4v) is 4.42. The predicted molar refractivity (Wildman–Crippen MR) is 123 cm³/mol. The first-order valence-corrected chi connectivity index (χ1v) is 10.9. The number of likely N-dealkylation sites (tertiary alicyclic amines) is 1. The van der Waals surface area contributed by atoms with Crippen molar-refractivity contribution in [1.82, 2.24) is 9.88 Å². The Morgan fingerprint density at radius 1 is 1.19 bits per heavy atom. The summed E-state index contributed by atoms with van der Waals surface area (Å²) in [4.78, 5) is 56.1. The molecule has 1 amide bonds. The minimum Gasteiger partial charge on any atom is -0.872 e. The van der Waals surface area contributed by atoms with Gasteiger partial charge in [0.25, 0.3) is 11.6 Å². The number of non-ortho nitro benzene ring substituents is 1. The van der Waals surface area contributed by atoms with Crippen LogP contribution in [0, 0.1) is 24.0 Å². The Labute approximate surface area is 205 Å². The summed E-state index contributed by atoms with van der Waals surface area (Å²) in [7, 11) is 1.21. The second kappa shape index (κ2) is 9.45. The predicted octanol–water partition coefficient (Wildman–Crippen LogP) is 1.56. The zero-order valence-electron chi connectivity index (χ0n) is 19.7. The molecule has 0 aliphatic carbocycles. The van der Waals surface area contributed by atoms with E-state index in [1.807, 2.05) is 0 Å². The smallest absolute Gasteiger partial charge is 0.354 e. The van der Waals surface area contributed by atoms with Crippen molar-refractivity contribution in [1.29, 1.82) is 0 Å². The molecule has 1 aromatic carbocycles. The Kier molecular flexibility index (Phi) is 6.39. The standard InChI is InChI=1S/C25H22N4O7/c1-13-18(14(2)27-20(13)25(33)36-3)22(30)19-21(16-6-8-17(9-7-16)29(34)35)28(24(32)23(19)31)12-15-5-4-10-26-11-15/h4-11,21,27,30H,12H2,1-3H3/b22-19+. The lowest BCUT2D eigenvalue weighted by Gasteiger charge is -2.27. The Morgan fingerprint density at radius 3 is 2.47 bits per heavy atom. The first-order chi connectivity index (χ1) is 17.1. The number of aryl methyl sites for hydroxylation is 1. The Hall–Kier alpha value is -4.80. The van der Waals surface area contributed by atoms with Crippen molar-refractivity contribution in [3.63, 3.8) is 0 Å². The molecule has 4 rings (SSSR count). The number of ether oxygens (including phenoxy) is 1. The number of nitrogens with zero attached hydrogens (tertiary/aromatic N) is 2. The number of amides is 1. The summed E-state index contributed by atoms with van der Waals surface area (Å²) in [5, 5.41) is 24.9. The lowest BCUT2D eigenvalue weighted by molar-refractivity contribution is -0.384. The van der Waals surface area contributed by atoms with E-state index in [0.717, 1.165) is 0 Å². The fraction of sp³-hybridized carbons (Fsp3) is 0.200. The number of carbonyl (C=O) groups excluding carboxylic acids is 3. The Bertz CT molecular complexity index is 1410. The van der Waals surface area contributed by atoms with E-state index in [9.17, 15) is 29.6 Å². The fourth-order valence-electron chi connectivity index (χ4n) is 4.42. The summed E-state index contributed by atoms with van der Waals surface area (Å²) in [6, 6.07) is 7.74. The summed E-state index contributed by atoms with van der Waals surface area (Å²) in [5.74, 6) is -3.23. The molecule has 2 aromatic heterocycles. The zero-order chi connectivity index (χ0) is 26.1. The Morgan fingerprint density at radius 2 is 1.89 bits per heavy atom. The van der Waals surface area contributed by atoms with Crippen molar-refractivity contribution < 1.29 is 34.1 Å². The number of nitrogens with one attached hydrogen (secondary N) is 2. The maximum absolute atomic E-state index is 13.8. The number of methoxy groups -OCH3 is 1. The molecule has 2 N–H and O–H groups in total. The van der Waals surface area contributed by atoms with Gasteiger partial charge in [-0.1, -0.05) is 5.76 Å². The van der Waals surface area contributed by atoms with Crippen molar-refractivity contribution >= 4 is 29.1 Å². The van der Waals surface area contributed by atoms with Gasteiger partial charge in [-0.3, -0.25) is 19.7 Å². The third-order valence-electron chi connectivity index (χ3n) is 6.13. The molecule has 3 heterocycles. The van der Waals surface area contributed by atoms with Crippen LogP contribution in [0.2, 0.25) is 0 Å². The molecule has 1 saturated heterocycles. The second-order valence-corrected chi connectivity index (χ2v) is 8.28. The zero-order valence-corrected chi connectivity index (χ0v) is 19.7. The van der Waals surface area contributed by atoms with Crippen LogP contribution in [0.15, 0.2) is 54.4 Å². The highest BCUT2D eigenvalue weighted by atomic mass is 16.6. The largest absolute Gasteiger partial charge is 0.872 e. The maximum atomic E-state index is 13.8. The van der Waals surface area contributed by atoms with E-state index in [2.05, 4.69) is 9.97 Å². The molecule has 0 radical (unpaired) electrons. The number of aromatic amines is 2. The van der Waals surface area contributed by atoms with Gasteiger partial charge in [0.2, 0.25) is 5.78 Å². The molecular formula is C25H22N4O7. The molecular weight excluding hydrogens is 468 g/mol. The van der Waals surface area contributed by atoms with Gasteiger partial charge < -0.3 is 19.7 Å². The number of rotatable bonds is 6. The molecule has 11 nitrogen and oxygen atoms in total. The van der Waals surface area contributed by atoms with E-state index in [4.69, 9.17) is 4.74 Å².